The van der Waals surface area contributed by atoms with Crippen molar-refractivity contribution in [3.63, 3.8) is 0 Å². The number of imide groups is 1. The van der Waals surface area contributed by atoms with Gasteiger partial charge < -0.3 is 24.5 Å². The maximum atomic E-state index is 16.5. The van der Waals surface area contributed by atoms with Gasteiger partial charge in [-0.15, -0.1) is 0 Å². The van der Waals surface area contributed by atoms with Crippen LogP contribution < -0.4 is 15.1 Å². The molecule has 3 aromatic carbocycles. The molecule has 0 spiro atoms. The van der Waals surface area contributed by atoms with Crippen molar-refractivity contribution in [2.24, 2.45) is 0 Å². The molecule has 1 N–H and O–H groups in total. The molecule has 336 valence electrons. The number of halogens is 3. The maximum absolute atomic E-state index is 16.5. The minimum absolute atomic E-state index is 0.0160. The molecule has 0 aliphatic carbocycles. The minimum Gasteiger partial charge on any atom is -0.354 e. The fraction of sp³-hybridized carbons (Fsp3) is 0.469. The topological polar surface area (TPSA) is 126 Å². The first-order valence-electron chi connectivity index (χ1n) is 22.8. The summed E-state index contributed by atoms with van der Waals surface area (Å²) in [5, 5.41) is 2.88. The van der Waals surface area contributed by atoms with Crippen LogP contribution in [0.15, 0.2) is 48.7 Å². The van der Waals surface area contributed by atoms with E-state index in [1.165, 1.54) is 17.0 Å². The summed E-state index contributed by atoms with van der Waals surface area (Å²) in [6.45, 7) is 8.00. The molecule has 2 atom stereocenters. The third-order valence-corrected chi connectivity index (χ3v) is 14.1. The van der Waals surface area contributed by atoms with E-state index in [1.54, 1.807) is 47.2 Å². The number of piperazine rings is 1. The first-order valence-corrected chi connectivity index (χ1v) is 22.8. The number of nitrogens with zero attached hydrogens (tertiary/aromatic N) is 6. The standard InChI is InChI=1S/C49H54F3N7O5/c1-3-42(61)56-21-22-57-40(28-56)49(64)58(39-26-53-45-35(46(39)57)23-29(2)43(44(45)52)32-11-7-8-12-37(32)51)18-10-6-4-5-9-17-55-19-15-30(16-20-55)33-24-31(50)25-34-36(33)27-59(48(34)63)38-13-14-41(60)54-47(38)62/h7-8,11-12,23-26,30,38,40H,3-6,9-10,13-22,27-28H2,1-2H3,(H,54,60,62). The highest BCUT2D eigenvalue weighted by Gasteiger charge is 2.44. The molecule has 4 aromatic rings. The van der Waals surface area contributed by atoms with E-state index in [1.807, 2.05) is 17.9 Å². The number of hydrogen-bond acceptors (Lipinski definition) is 8. The number of unbranched alkanes of at least 4 members (excludes halogenated alkanes) is 4. The third-order valence-electron chi connectivity index (χ3n) is 14.1. The number of carbonyl (C=O) groups excluding carboxylic acids is 5. The van der Waals surface area contributed by atoms with Gasteiger partial charge in [-0.05, 0) is 106 Å². The highest BCUT2D eigenvalue weighted by molar-refractivity contribution is 6.12. The van der Waals surface area contributed by atoms with Gasteiger partial charge in [-0.25, -0.2) is 13.2 Å². The van der Waals surface area contributed by atoms with Gasteiger partial charge in [0.15, 0.2) is 5.82 Å². The maximum Gasteiger partial charge on any atom is 0.255 e. The Labute approximate surface area is 370 Å². The van der Waals surface area contributed by atoms with Crippen molar-refractivity contribution in [2.75, 3.05) is 55.6 Å². The lowest BCUT2D eigenvalue weighted by Gasteiger charge is -2.48. The van der Waals surface area contributed by atoms with Crippen LogP contribution in [-0.2, 0) is 25.7 Å². The molecule has 3 fully saturated rings. The highest BCUT2D eigenvalue weighted by Crippen LogP contribution is 2.45. The normalized spacial score (nSPS) is 20.5. The molecule has 0 radical (unpaired) electrons. The van der Waals surface area contributed by atoms with Crippen molar-refractivity contribution in [1.29, 1.82) is 0 Å². The Morgan fingerprint density at radius 1 is 0.844 bits per heavy atom. The third kappa shape index (κ3) is 8.00. The molecule has 0 bridgehead atoms. The van der Waals surface area contributed by atoms with E-state index in [0.717, 1.165) is 75.7 Å². The fourth-order valence-corrected chi connectivity index (χ4v) is 10.8. The largest absolute Gasteiger partial charge is 0.354 e. The molecular formula is C49H54F3N7O5. The van der Waals surface area contributed by atoms with Gasteiger partial charge in [-0.2, -0.15) is 0 Å². The van der Waals surface area contributed by atoms with E-state index in [0.29, 0.717) is 53.9 Å². The van der Waals surface area contributed by atoms with Gasteiger partial charge in [0, 0.05) is 61.1 Å². The van der Waals surface area contributed by atoms with E-state index < -0.39 is 35.4 Å². The lowest BCUT2D eigenvalue weighted by molar-refractivity contribution is -0.137. The lowest BCUT2D eigenvalue weighted by Crippen LogP contribution is -2.63. The first-order chi connectivity index (χ1) is 30.9. The van der Waals surface area contributed by atoms with Crippen molar-refractivity contribution in [2.45, 2.75) is 103 Å². The average Bonchev–Trinajstić information content (AvgIpc) is 3.61. The molecule has 3 saturated heterocycles. The summed E-state index contributed by atoms with van der Waals surface area (Å²) in [6, 6.07) is 9.41. The number of rotatable bonds is 12. The summed E-state index contributed by atoms with van der Waals surface area (Å²) >= 11 is 0. The SMILES string of the molecule is CCC(=O)N1CCN2c3c(cnc4c(F)c(-c5ccccc5F)c(C)cc34)N(CCCCCCCN3CCC(c4cc(F)cc5c4CN(C4CCC(=O)NC4=O)C5=O)CC3)C(=O)C2C1. The Morgan fingerprint density at radius 3 is 2.34 bits per heavy atom. The van der Waals surface area contributed by atoms with E-state index in [9.17, 15) is 32.8 Å². The van der Waals surface area contributed by atoms with Crippen LogP contribution in [0.1, 0.15) is 104 Å². The number of fused-ring (bicyclic) bond motifs is 6. The van der Waals surface area contributed by atoms with Gasteiger partial charge in [0.05, 0.1) is 24.1 Å². The number of likely N-dealkylation sites (tertiary alicyclic amines) is 1. The molecule has 5 aliphatic rings. The summed E-state index contributed by atoms with van der Waals surface area (Å²) in [5.74, 6) is -2.81. The van der Waals surface area contributed by atoms with Gasteiger partial charge in [-0.3, -0.25) is 34.3 Å². The molecule has 1 aromatic heterocycles. The number of aromatic nitrogens is 1. The average molecular weight is 878 g/mol. The van der Waals surface area contributed by atoms with E-state index in [4.69, 9.17) is 0 Å². The van der Waals surface area contributed by atoms with E-state index in [2.05, 4.69) is 15.2 Å². The zero-order valence-corrected chi connectivity index (χ0v) is 36.4. The number of hydrogen-bond donors (Lipinski definition) is 1. The van der Waals surface area contributed by atoms with Crippen molar-refractivity contribution in [3.8, 4) is 11.1 Å². The van der Waals surface area contributed by atoms with Gasteiger partial charge in [-0.1, -0.05) is 44.4 Å². The second-order valence-corrected chi connectivity index (χ2v) is 17.9. The Balaban J connectivity index is 0.812. The molecule has 5 aliphatic heterocycles. The van der Waals surface area contributed by atoms with Crippen molar-refractivity contribution in [3.05, 3.63) is 88.4 Å². The molecule has 0 saturated carbocycles. The number of nitrogens with one attached hydrogen (secondary N) is 1. The van der Waals surface area contributed by atoms with Crippen LogP contribution >= 0.6 is 0 Å². The number of pyridine rings is 1. The monoisotopic (exact) mass is 877 g/mol. The summed E-state index contributed by atoms with van der Waals surface area (Å²) in [4.78, 5) is 78.8. The Bertz CT molecular complexity index is 2540. The second kappa shape index (κ2) is 18.0. The zero-order chi connectivity index (χ0) is 44.8. The molecule has 64 heavy (non-hydrogen) atoms. The van der Waals surface area contributed by atoms with Crippen molar-refractivity contribution in [1.82, 2.24) is 25.0 Å². The quantitative estimate of drug-likeness (QED) is 0.119. The van der Waals surface area contributed by atoms with Crippen LogP contribution in [0.2, 0.25) is 0 Å². The Hall–Kier alpha value is -5.83. The number of anilines is 2. The van der Waals surface area contributed by atoms with Gasteiger partial charge in [0.2, 0.25) is 17.7 Å². The van der Waals surface area contributed by atoms with E-state index >= 15 is 4.39 Å². The molecule has 12 nitrogen and oxygen atoms in total. The highest BCUT2D eigenvalue weighted by atomic mass is 19.1. The summed E-state index contributed by atoms with van der Waals surface area (Å²) in [5.41, 5.74) is 4.27. The van der Waals surface area contributed by atoms with Gasteiger partial charge in [0.25, 0.3) is 11.8 Å². The molecule has 15 heteroatoms. The molecule has 2 unspecified atom stereocenters. The zero-order valence-electron chi connectivity index (χ0n) is 36.4. The van der Waals surface area contributed by atoms with Crippen LogP contribution in [0.5, 0.6) is 0 Å². The fourth-order valence-electron chi connectivity index (χ4n) is 10.8. The van der Waals surface area contributed by atoms with Crippen LogP contribution in [0.25, 0.3) is 22.0 Å². The molecule has 6 heterocycles. The first kappa shape index (κ1) is 43.4. The summed E-state index contributed by atoms with van der Waals surface area (Å²) < 4.78 is 46.3. The molecule has 5 amide bonds. The summed E-state index contributed by atoms with van der Waals surface area (Å²) in [7, 11) is 0. The van der Waals surface area contributed by atoms with Gasteiger partial charge in [0.1, 0.15) is 29.2 Å². The van der Waals surface area contributed by atoms with E-state index in [-0.39, 0.29) is 72.1 Å². The van der Waals surface area contributed by atoms with Gasteiger partial charge >= 0.3 is 0 Å². The van der Waals surface area contributed by atoms with Crippen molar-refractivity contribution < 1.29 is 37.1 Å². The molecular weight excluding hydrogens is 824 g/mol. The van der Waals surface area contributed by atoms with Crippen molar-refractivity contribution >= 4 is 51.8 Å². The molecule has 9 rings (SSSR count). The van der Waals surface area contributed by atoms with Crippen LogP contribution in [0, 0.1) is 24.4 Å². The smallest absolute Gasteiger partial charge is 0.255 e. The number of amides is 5. The number of benzene rings is 3. The Morgan fingerprint density at radius 2 is 1.59 bits per heavy atom. The Kier molecular flexibility index (Phi) is 12.2. The predicted molar refractivity (Wildman–Crippen MR) is 236 cm³/mol. The van der Waals surface area contributed by atoms with Crippen LogP contribution in [0.3, 0.4) is 0 Å². The number of piperidine rings is 2. The number of aryl methyl sites for hydroxylation is 1. The van der Waals surface area contributed by atoms with Crippen LogP contribution in [-0.4, -0.2) is 107 Å². The minimum atomic E-state index is -0.745. The summed E-state index contributed by atoms with van der Waals surface area (Å²) in [6.07, 6.45) is 8.64. The van der Waals surface area contributed by atoms with Crippen LogP contribution in [0.4, 0.5) is 24.5 Å². The number of carbonyl (C=O) groups is 5. The second-order valence-electron chi connectivity index (χ2n) is 17.9. The predicted octanol–water partition coefficient (Wildman–Crippen LogP) is 6.99. The lowest BCUT2D eigenvalue weighted by atomic mass is 9.85.